The third-order valence-electron chi connectivity index (χ3n) is 3.83. The normalized spacial score (nSPS) is 28.3. The summed E-state index contributed by atoms with van der Waals surface area (Å²) in [5.41, 5.74) is 0. The highest BCUT2D eigenvalue weighted by Gasteiger charge is 2.38. The van der Waals surface area contributed by atoms with Crippen LogP contribution in [0.1, 0.15) is 0 Å². The number of amides is 1. The van der Waals surface area contributed by atoms with E-state index >= 15 is 0 Å². The van der Waals surface area contributed by atoms with Gasteiger partial charge in [-0.05, 0) is 0 Å². The lowest BCUT2D eigenvalue weighted by atomic mass is 10.0. The number of nitrogens with one attached hydrogen (secondary N) is 1. The van der Waals surface area contributed by atoms with Crippen molar-refractivity contribution in [2.24, 2.45) is 5.92 Å². The van der Waals surface area contributed by atoms with E-state index in [2.05, 4.69) is 10.2 Å². The Hall–Kier alpha value is -1.18. The highest BCUT2D eigenvalue weighted by atomic mass is 16.5. The number of hydrogen-bond donors (Lipinski definition) is 2. The monoisotopic (exact) mass is 271 g/mol. The van der Waals surface area contributed by atoms with Gasteiger partial charge in [0.25, 0.3) is 0 Å². The average molecular weight is 271 g/mol. The number of carbonyl (C=O) groups excluding carboxylic acids is 1. The SMILES string of the molecule is CN(C(=O)CN1CCNCC1)C1COCC1C(=O)O. The van der Waals surface area contributed by atoms with Crippen LogP contribution in [0, 0.1) is 5.92 Å². The molecule has 2 aliphatic heterocycles. The van der Waals surface area contributed by atoms with Crippen molar-refractivity contribution in [2.45, 2.75) is 6.04 Å². The standard InChI is InChI=1S/C12H21N3O4/c1-14(10-8-19-7-9(10)12(17)18)11(16)6-15-4-2-13-3-5-15/h9-10,13H,2-8H2,1H3,(H,17,18). The van der Waals surface area contributed by atoms with Gasteiger partial charge >= 0.3 is 5.97 Å². The summed E-state index contributed by atoms with van der Waals surface area (Å²) in [6.45, 7) is 4.32. The summed E-state index contributed by atoms with van der Waals surface area (Å²) in [6, 6.07) is -0.354. The molecule has 108 valence electrons. The van der Waals surface area contributed by atoms with Gasteiger partial charge < -0.3 is 20.1 Å². The van der Waals surface area contributed by atoms with E-state index < -0.39 is 11.9 Å². The zero-order valence-electron chi connectivity index (χ0n) is 11.2. The second-order valence-corrected chi connectivity index (χ2v) is 5.08. The Balaban J connectivity index is 1.88. The van der Waals surface area contributed by atoms with Crippen molar-refractivity contribution in [3.8, 4) is 0 Å². The molecular formula is C12H21N3O4. The third kappa shape index (κ3) is 3.43. The Bertz CT molecular complexity index is 344. The fraction of sp³-hybridized carbons (Fsp3) is 0.833. The van der Waals surface area contributed by atoms with Crippen molar-refractivity contribution in [1.82, 2.24) is 15.1 Å². The summed E-state index contributed by atoms with van der Waals surface area (Å²) in [6.07, 6.45) is 0. The first-order valence-corrected chi connectivity index (χ1v) is 6.59. The minimum Gasteiger partial charge on any atom is -0.481 e. The molecule has 0 radical (unpaired) electrons. The second kappa shape index (κ2) is 6.31. The summed E-state index contributed by atoms with van der Waals surface area (Å²) < 4.78 is 5.19. The molecule has 0 bridgehead atoms. The number of carboxylic acids is 1. The molecule has 0 aliphatic carbocycles. The summed E-state index contributed by atoms with van der Waals surface area (Å²) in [7, 11) is 1.67. The third-order valence-corrected chi connectivity index (χ3v) is 3.83. The number of hydrogen-bond acceptors (Lipinski definition) is 5. The van der Waals surface area contributed by atoms with Crippen LogP contribution in [-0.2, 0) is 14.3 Å². The zero-order valence-corrected chi connectivity index (χ0v) is 11.2. The lowest BCUT2D eigenvalue weighted by Gasteiger charge is -2.31. The molecule has 2 saturated heterocycles. The molecule has 0 spiro atoms. The van der Waals surface area contributed by atoms with Crippen LogP contribution in [0.4, 0.5) is 0 Å². The van der Waals surface area contributed by atoms with Gasteiger partial charge in [-0.15, -0.1) is 0 Å². The van der Waals surface area contributed by atoms with Crippen molar-refractivity contribution >= 4 is 11.9 Å². The maximum atomic E-state index is 12.2. The predicted octanol–water partition coefficient (Wildman–Crippen LogP) is -1.55. The lowest BCUT2D eigenvalue weighted by Crippen LogP contribution is -2.51. The summed E-state index contributed by atoms with van der Waals surface area (Å²) in [4.78, 5) is 26.9. The smallest absolute Gasteiger partial charge is 0.311 e. The van der Waals surface area contributed by atoms with Crippen LogP contribution >= 0.6 is 0 Å². The zero-order chi connectivity index (χ0) is 13.8. The highest BCUT2D eigenvalue weighted by molar-refractivity contribution is 5.80. The van der Waals surface area contributed by atoms with Crippen LogP contribution in [0.15, 0.2) is 0 Å². The van der Waals surface area contributed by atoms with E-state index in [0.29, 0.717) is 13.2 Å². The molecule has 0 aromatic heterocycles. The predicted molar refractivity (Wildman–Crippen MR) is 67.8 cm³/mol. The van der Waals surface area contributed by atoms with Crippen LogP contribution in [0.25, 0.3) is 0 Å². The van der Waals surface area contributed by atoms with Gasteiger partial charge in [-0.1, -0.05) is 0 Å². The van der Waals surface area contributed by atoms with Crippen molar-refractivity contribution in [1.29, 1.82) is 0 Å². The van der Waals surface area contributed by atoms with Crippen LogP contribution in [0.5, 0.6) is 0 Å². The highest BCUT2D eigenvalue weighted by Crippen LogP contribution is 2.19. The van der Waals surface area contributed by atoms with Gasteiger partial charge in [-0.3, -0.25) is 14.5 Å². The maximum absolute atomic E-state index is 12.2. The fourth-order valence-corrected chi connectivity index (χ4v) is 2.52. The molecule has 7 nitrogen and oxygen atoms in total. The van der Waals surface area contributed by atoms with E-state index in [4.69, 9.17) is 9.84 Å². The van der Waals surface area contributed by atoms with Gasteiger partial charge in [-0.25, -0.2) is 0 Å². The van der Waals surface area contributed by atoms with E-state index in [-0.39, 0.29) is 18.6 Å². The minimum atomic E-state index is -0.899. The molecule has 2 atom stereocenters. The Morgan fingerprint density at radius 1 is 1.37 bits per heavy atom. The quantitative estimate of drug-likeness (QED) is 0.644. The molecule has 1 amide bonds. The molecule has 2 rings (SSSR count). The van der Waals surface area contributed by atoms with Crippen molar-refractivity contribution in [2.75, 3.05) is 53.0 Å². The topological polar surface area (TPSA) is 82.1 Å². The van der Waals surface area contributed by atoms with Crippen molar-refractivity contribution in [3.05, 3.63) is 0 Å². The molecule has 2 fully saturated rings. The Morgan fingerprint density at radius 2 is 2.05 bits per heavy atom. The second-order valence-electron chi connectivity index (χ2n) is 5.08. The van der Waals surface area contributed by atoms with Gasteiger partial charge in [0.2, 0.25) is 5.91 Å². The molecule has 19 heavy (non-hydrogen) atoms. The number of piperazine rings is 1. The average Bonchev–Trinajstić information content (AvgIpc) is 2.88. The van der Waals surface area contributed by atoms with Crippen LogP contribution in [0.3, 0.4) is 0 Å². The molecule has 0 saturated carbocycles. The molecule has 0 aromatic carbocycles. The van der Waals surface area contributed by atoms with E-state index in [0.717, 1.165) is 26.2 Å². The largest absolute Gasteiger partial charge is 0.481 e. The molecule has 2 N–H and O–H groups in total. The summed E-state index contributed by atoms with van der Waals surface area (Å²) in [5, 5.41) is 12.3. The number of carbonyl (C=O) groups is 2. The fourth-order valence-electron chi connectivity index (χ4n) is 2.52. The number of carboxylic acid groups (broad SMARTS) is 1. The molecule has 2 heterocycles. The lowest BCUT2D eigenvalue weighted by molar-refractivity contribution is -0.144. The number of rotatable bonds is 4. The van der Waals surface area contributed by atoms with Gasteiger partial charge in [-0.2, -0.15) is 0 Å². The number of aliphatic carboxylic acids is 1. The number of nitrogens with zero attached hydrogens (tertiary/aromatic N) is 2. The van der Waals surface area contributed by atoms with Crippen LogP contribution in [0.2, 0.25) is 0 Å². The van der Waals surface area contributed by atoms with E-state index in [9.17, 15) is 9.59 Å². The maximum Gasteiger partial charge on any atom is 0.311 e. The van der Waals surface area contributed by atoms with Gasteiger partial charge in [0.05, 0.1) is 25.8 Å². The van der Waals surface area contributed by atoms with E-state index in [1.807, 2.05) is 0 Å². The Labute approximate surface area is 112 Å². The van der Waals surface area contributed by atoms with Gasteiger partial charge in [0.1, 0.15) is 5.92 Å². The summed E-state index contributed by atoms with van der Waals surface area (Å²) >= 11 is 0. The molecular weight excluding hydrogens is 250 g/mol. The van der Waals surface area contributed by atoms with Gasteiger partial charge in [0.15, 0.2) is 0 Å². The molecule has 2 aliphatic rings. The van der Waals surface area contributed by atoms with E-state index in [1.165, 1.54) is 4.90 Å². The first-order chi connectivity index (χ1) is 9.09. The van der Waals surface area contributed by atoms with Crippen LogP contribution < -0.4 is 5.32 Å². The first kappa shape index (κ1) is 14.2. The van der Waals surface area contributed by atoms with Crippen molar-refractivity contribution in [3.63, 3.8) is 0 Å². The first-order valence-electron chi connectivity index (χ1n) is 6.59. The number of likely N-dealkylation sites (N-methyl/N-ethyl adjacent to an activating group) is 1. The molecule has 7 heteroatoms. The summed E-state index contributed by atoms with van der Waals surface area (Å²) in [5.74, 6) is -1.55. The minimum absolute atomic E-state index is 0.0383. The Kier molecular flexibility index (Phi) is 4.73. The Morgan fingerprint density at radius 3 is 2.68 bits per heavy atom. The molecule has 2 unspecified atom stereocenters. The van der Waals surface area contributed by atoms with Crippen molar-refractivity contribution < 1.29 is 19.4 Å². The molecule has 0 aromatic rings. The number of ether oxygens (including phenoxy) is 1. The van der Waals surface area contributed by atoms with Crippen LogP contribution in [-0.4, -0.2) is 85.8 Å². The van der Waals surface area contributed by atoms with E-state index in [1.54, 1.807) is 7.05 Å². The van der Waals surface area contributed by atoms with Gasteiger partial charge in [0, 0.05) is 33.2 Å².